The quantitative estimate of drug-likeness (QED) is 0.824. The first-order chi connectivity index (χ1) is 11.4. The average molecular weight is 391 g/mol. The third kappa shape index (κ3) is 3.82. The molecule has 1 fully saturated rings. The van der Waals surface area contributed by atoms with Crippen LogP contribution in [0, 0.1) is 24.6 Å². The summed E-state index contributed by atoms with van der Waals surface area (Å²) in [5, 5.41) is 5.48. The lowest BCUT2D eigenvalue weighted by Crippen LogP contribution is -2.20. The summed E-state index contributed by atoms with van der Waals surface area (Å²) in [5.41, 5.74) is 2.16. The van der Waals surface area contributed by atoms with E-state index in [4.69, 9.17) is 0 Å². The first-order valence-corrected chi connectivity index (χ1v) is 8.37. The van der Waals surface area contributed by atoms with Crippen molar-refractivity contribution in [2.45, 2.75) is 13.3 Å². The van der Waals surface area contributed by atoms with Gasteiger partial charge in [-0.3, -0.25) is 9.59 Å². The number of halogens is 2. The maximum atomic E-state index is 13.1. The Bertz CT molecular complexity index is 809. The molecule has 2 aromatic carbocycles. The highest BCUT2D eigenvalue weighted by molar-refractivity contribution is 9.10. The summed E-state index contributed by atoms with van der Waals surface area (Å²) >= 11 is 3.41. The van der Waals surface area contributed by atoms with E-state index in [2.05, 4.69) is 26.6 Å². The van der Waals surface area contributed by atoms with E-state index in [0.29, 0.717) is 17.8 Å². The summed E-state index contributed by atoms with van der Waals surface area (Å²) in [6.07, 6.45) is 0.496. The Kier molecular flexibility index (Phi) is 4.66. The number of carbonyl (C=O) groups is 2. The van der Waals surface area contributed by atoms with Crippen LogP contribution in [0.4, 0.5) is 15.8 Å². The molecule has 4 nitrogen and oxygen atoms in total. The number of aryl methyl sites for hydroxylation is 1. The molecule has 0 spiro atoms. The Labute approximate surface area is 147 Å². The fourth-order valence-corrected chi connectivity index (χ4v) is 3.12. The smallest absolute Gasteiger partial charge is 0.228 e. The molecule has 0 bridgehead atoms. The topological polar surface area (TPSA) is 58.2 Å². The number of amides is 2. The highest BCUT2D eigenvalue weighted by atomic mass is 79.9. The molecule has 1 saturated carbocycles. The Balaban J connectivity index is 1.58. The number of nitrogens with one attached hydrogen (secondary N) is 2. The molecule has 0 saturated heterocycles. The molecule has 2 unspecified atom stereocenters. The predicted octanol–water partition coefficient (Wildman–Crippen LogP) is 4.11. The van der Waals surface area contributed by atoms with Crippen LogP contribution in [0.3, 0.4) is 0 Å². The van der Waals surface area contributed by atoms with E-state index >= 15 is 0 Å². The van der Waals surface area contributed by atoms with Crippen molar-refractivity contribution in [3.8, 4) is 0 Å². The number of rotatable bonds is 4. The summed E-state index contributed by atoms with van der Waals surface area (Å²) < 4.78 is 13.9. The Hall–Kier alpha value is -2.21. The summed E-state index contributed by atoms with van der Waals surface area (Å²) in [7, 11) is 0. The molecule has 0 aromatic heterocycles. The van der Waals surface area contributed by atoms with E-state index in [1.807, 2.05) is 25.1 Å². The molecule has 2 aromatic rings. The predicted molar refractivity (Wildman–Crippen MR) is 94.1 cm³/mol. The molecule has 2 amide bonds. The number of hydrogen-bond donors (Lipinski definition) is 2. The van der Waals surface area contributed by atoms with E-state index in [0.717, 1.165) is 10.0 Å². The average Bonchev–Trinajstić information content (AvgIpc) is 3.31. The minimum Gasteiger partial charge on any atom is -0.326 e. The van der Waals surface area contributed by atoms with Crippen molar-refractivity contribution in [3.63, 3.8) is 0 Å². The molecule has 24 heavy (non-hydrogen) atoms. The van der Waals surface area contributed by atoms with Gasteiger partial charge in [-0.15, -0.1) is 0 Å². The SMILES string of the molecule is Cc1ccc(NC(=O)C2CC2C(=O)Nc2cccc(F)c2)c(Br)c1. The van der Waals surface area contributed by atoms with Crippen LogP contribution in [0.2, 0.25) is 0 Å². The van der Waals surface area contributed by atoms with E-state index in [-0.39, 0.29) is 23.7 Å². The summed E-state index contributed by atoms with van der Waals surface area (Å²) in [6, 6.07) is 11.3. The monoisotopic (exact) mass is 390 g/mol. The lowest BCUT2D eigenvalue weighted by atomic mass is 10.2. The van der Waals surface area contributed by atoms with Crippen molar-refractivity contribution in [1.29, 1.82) is 0 Å². The Morgan fingerprint density at radius 3 is 2.46 bits per heavy atom. The van der Waals surface area contributed by atoms with Gasteiger partial charge < -0.3 is 10.6 Å². The number of hydrogen-bond acceptors (Lipinski definition) is 2. The van der Waals surface area contributed by atoms with Gasteiger partial charge >= 0.3 is 0 Å². The van der Waals surface area contributed by atoms with Gasteiger partial charge in [0.05, 0.1) is 17.5 Å². The van der Waals surface area contributed by atoms with Crippen molar-refractivity contribution in [3.05, 3.63) is 58.3 Å². The molecule has 1 aliphatic rings. The lowest BCUT2D eigenvalue weighted by molar-refractivity contribution is -0.122. The van der Waals surface area contributed by atoms with Gasteiger partial charge in [-0.05, 0) is 65.2 Å². The fourth-order valence-electron chi connectivity index (χ4n) is 2.52. The van der Waals surface area contributed by atoms with E-state index in [1.54, 1.807) is 6.07 Å². The third-order valence-corrected chi connectivity index (χ3v) is 4.59. The van der Waals surface area contributed by atoms with Gasteiger partial charge in [-0.2, -0.15) is 0 Å². The lowest BCUT2D eigenvalue weighted by Gasteiger charge is -2.08. The fraction of sp³-hybridized carbons (Fsp3) is 0.222. The molecule has 0 heterocycles. The van der Waals surface area contributed by atoms with Crippen LogP contribution in [-0.2, 0) is 9.59 Å². The van der Waals surface area contributed by atoms with Gasteiger partial charge in [-0.1, -0.05) is 12.1 Å². The van der Waals surface area contributed by atoms with E-state index in [1.165, 1.54) is 18.2 Å². The van der Waals surface area contributed by atoms with Crippen LogP contribution in [0.5, 0.6) is 0 Å². The number of carbonyl (C=O) groups excluding carboxylic acids is 2. The molecule has 6 heteroatoms. The molecule has 124 valence electrons. The first kappa shape index (κ1) is 16.6. The van der Waals surface area contributed by atoms with Crippen LogP contribution >= 0.6 is 15.9 Å². The van der Waals surface area contributed by atoms with Crippen molar-refractivity contribution in [2.24, 2.45) is 11.8 Å². The van der Waals surface area contributed by atoms with Gasteiger partial charge in [0.1, 0.15) is 5.82 Å². The van der Waals surface area contributed by atoms with Crippen molar-refractivity contribution in [2.75, 3.05) is 10.6 Å². The second-order valence-electron chi connectivity index (χ2n) is 5.92. The summed E-state index contributed by atoms with van der Waals surface area (Å²) in [4.78, 5) is 24.4. The summed E-state index contributed by atoms with van der Waals surface area (Å²) in [5.74, 6) is -1.59. The minimum absolute atomic E-state index is 0.182. The largest absolute Gasteiger partial charge is 0.326 e. The van der Waals surface area contributed by atoms with Gasteiger partial charge in [0.2, 0.25) is 11.8 Å². The van der Waals surface area contributed by atoms with Gasteiger partial charge in [0.25, 0.3) is 0 Å². The van der Waals surface area contributed by atoms with Crippen molar-refractivity contribution >= 4 is 39.1 Å². The zero-order chi connectivity index (χ0) is 17.3. The van der Waals surface area contributed by atoms with Crippen LogP contribution in [0.25, 0.3) is 0 Å². The van der Waals surface area contributed by atoms with Gasteiger partial charge in [-0.25, -0.2) is 4.39 Å². The normalized spacial score (nSPS) is 18.8. The van der Waals surface area contributed by atoms with Crippen LogP contribution in [0.15, 0.2) is 46.9 Å². The third-order valence-electron chi connectivity index (χ3n) is 3.94. The molecule has 1 aliphatic carbocycles. The zero-order valence-corrected chi connectivity index (χ0v) is 14.6. The zero-order valence-electron chi connectivity index (χ0n) is 13.0. The second kappa shape index (κ2) is 6.73. The molecule has 2 atom stereocenters. The highest BCUT2D eigenvalue weighted by Gasteiger charge is 2.48. The Morgan fingerprint density at radius 2 is 1.79 bits per heavy atom. The number of anilines is 2. The van der Waals surface area contributed by atoms with Gasteiger partial charge in [0, 0.05) is 10.2 Å². The number of benzene rings is 2. The Morgan fingerprint density at radius 1 is 1.08 bits per heavy atom. The standard InChI is InChI=1S/C18H16BrFN2O2/c1-10-5-6-16(15(19)7-10)22-18(24)14-9-13(14)17(23)21-12-4-2-3-11(20)8-12/h2-8,13-14H,9H2,1H3,(H,21,23)(H,22,24). The van der Waals surface area contributed by atoms with E-state index in [9.17, 15) is 14.0 Å². The maximum Gasteiger partial charge on any atom is 0.228 e. The maximum absolute atomic E-state index is 13.1. The summed E-state index contributed by atoms with van der Waals surface area (Å²) in [6.45, 7) is 1.96. The van der Waals surface area contributed by atoms with Gasteiger partial charge in [0.15, 0.2) is 0 Å². The molecular formula is C18H16BrFN2O2. The second-order valence-corrected chi connectivity index (χ2v) is 6.78. The van der Waals surface area contributed by atoms with E-state index < -0.39 is 5.82 Å². The molecular weight excluding hydrogens is 375 g/mol. The van der Waals surface area contributed by atoms with Crippen LogP contribution in [0.1, 0.15) is 12.0 Å². The minimum atomic E-state index is -0.415. The molecule has 0 radical (unpaired) electrons. The van der Waals surface area contributed by atoms with Crippen LogP contribution in [-0.4, -0.2) is 11.8 Å². The molecule has 2 N–H and O–H groups in total. The van der Waals surface area contributed by atoms with Crippen molar-refractivity contribution < 1.29 is 14.0 Å². The van der Waals surface area contributed by atoms with Crippen molar-refractivity contribution in [1.82, 2.24) is 0 Å². The molecule has 0 aliphatic heterocycles. The first-order valence-electron chi connectivity index (χ1n) is 7.57. The van der Waals surface area contributed by atoms with Crippen LogP contribution < -0.4 is 10.6 Å². The molecule has 3 rings (SSSR count). The highest BCUT2D eigenvalue weighted by Crippen LogP contribution is 2.40.